The molecule has 0 N–H and O–H groups in total. The minimum absolute atomic E-state index is 0.141. The van der Waals surface area contributed by atoms with Gasteiger partial charge in [-0.15, -0.1) is 0 Å². The van der Waals surface area contributed by atoms with Gasteiger partial charge in [0.1, 0.15) is 0 Å². The summed E-state index contributed by atoms with van der Waals surface area (Å²) in [4.78, 5) is 4.45. The average molecular weight is 309 g/mol. The Morgan fingerprint density at radius 2 is 1.45 bits per heavy atom. The fourth-order valence-corrected chi connectivity index (χ4v) is 2.31. The molecule has 0 amide bonds. The zero-order chi connectivity index (χ0) is 15.6. The molecule has 1 aliphatic heterocycles. The molecule has 1 aliphatic rings. The van der Waals surface area contributed by atoms with Gasteiger partial charge in [0.15, 0.2) is 0 Å². The Hall–Kier alpha value is -1.01. The maximum Gasteiger partial charge on any atom is 0.0700 e. The number of nitrogens with zero attached hydrogens (tertiary/aromatic N) is 1. The third kappa shape index (κ3) is 6.40. The maximum absolute atomic E-state index is 5.74. The predicted molar refractivity (Wildman–Crippen MR) is 84.2 cm³/mol. The van der Waals surface area contributed by atoms with Crippen LogP contribution in [-0.4, -0.2) is 57.8 Å². The van der Waals surface area contributed by atoms with Gasteiger partial charge in [-0.3, -0.25) is 4.98 Å². The van der Waals surface area contributed by atoms with Gasteiger partial charge in [0.2, 0.25) is 0 Å². The molecular weight excluding hydrogens is 282 g/mol. The summed E-state index contributed by atoms with van der Waals surface area (Å²) in [5, 5.41) is 0. The standard InChI is InChI=1S/C17H27NO4/c1-14-3-4-18-17(9-14)16-12-21-7-5-19-10-15(2)11-20-6-8-22-13-16/h3-4,9,15-16H,5-8,10-13H2,1-2H3. The van der Waals surface area contributed by atoms with E-state index >= 15 is 0 Å². The Balaban J connectivity index is 1.89. The highest BCUT2D eigenvalue weighted by Crippen LogP contribution is 2.16. The fourth-order valence-electron chi connectivity index (χ4n) is 2.31. The maximum atomic E-state index is 5.74. The molecule has 0 saturated carbocycles. The molecule has 0 aromatic carbocycles. The van der Waals surface area contributed by atoms with Gasteiger partial charge in [0.05, 0.1) is 52.9 Å². The first kappa shape index (κ1) is 17.3. The predicted octanol–water partition coefficient (Wildman–Crippen LogP) is 2.19. The van der Waals surface area contributed by atoms with Crippen LogP contribution in [0.15, 0.2) is 18.3 Å². The first-order chi connectivity index (χ1) is 10.8. The van der Waals surface area contributed by atoms with Gasteiger partial charge in [0, 0.05) is 23.7 Å². The molecule has 0 radical (unpaired) electrons. The molecule has 1 fully saturated rings. The van der Waals surface area contributed by atoms with Crippen molar-refractivity contribution in [1.82, 2.24) is 4.98 Å². The zero-order valence-electron chi connectivity index (χ0n) is 13.6. The van der Waals surface area contributed by atoms with Crippen LogP contribution in [0.3, 0.4) is 0 Å². The van der Waals surface area contributed by atoms with E-state index in [4.69, 9.17) is 18.9 Å². The van der Waals surface area contributed by atoms with Crippen molar-refractivity contribution in [3.8, 4) is 0 Å². The molecule has 5 heteroatoms. The molecule has 2 heterocycles. The van der Waals surface area contributed by atoms with Crippen LogP contribution in [0.4, 0.5) is 0 Å². The van der Waals surface area contributed by atoms with Gasteiger partial charge in [0.25, 0.3) is 0 Å². The molecule has 5 nitrogen and oxygen atoms in total. The van der Waals surface area contributed by atoms with Crippen LogP contribution in [0.2, 0.25) is 0 Å². The largest absolute Gasteiger partial charge is 0.379 e. The molecule has 22 heavy (non-hydrogen) atoms. The molecule has 0 atom stereocenters. The normalized spacial score (nSPS) is 26.3. The molecular formula is C17H27NO4. The summed E-state index contributed by atoms with van der Waals surface area (Å²) in [5.74, 6) is 0.536. The van der Waals surface area contributed by atoms with Crippen molar-refractivity contribution in [2.45, 2.75) is 19.8 Å². The van der Waals surface area contributed by atoms with Crippen molar-refractivity contribution in [2.24, 2.45) is 5.92 Å². The number of rotatable bonds is 1. The van der Waals surface area contributed by atoms with E-state index in [9.17, 15) is 0 Å². The summed E-state index contributed by atoms with van der Waals surface area (Å²) in [6.07, 6.45) is 1.84. The molecule has 0 spiro atoms. The lowest BCUT2D eigenvalue weighted by Crippen LogP contribution is -2.22. The first-order valence-electron chi connectivity index (χ1n) is 7.99. The van der Waals surface area contributed by atoms with Crippen LogP contribution in [0, 0.1) is 12.8 Å². The molecule has 1 saturated heterocycles. The monoisotopic (exact) mass is 309 g/mol. The molecule has 0 bridgehead atoms. The van der Waals surface area contributed by atoms with Crippen molar-refractivity contribution in [3.63, 3.8) is 0 Å². The average Bonchev–Trinajstić information content (AvgIpc) is 2.51. The van der Waals surface area contributed by atoms with Crippen LogP contribution >= 0.6 is 0 Å². The smallest absolute Gasteiger partial charge is 0.0700 e. The van der Waals surface area contributed by atoms with Gasteiger partial charge in [-0.2, -0.15) is 0 Å². The Labute approximate surface area is 132 Å². The molecule has 1 aromatic rings. The van der Waals surface area contributed by atoms with E-state index < -0.39 is 0 Å². The Bertz CT molecular complexity index is 411. The van der Waals surface area contributed by atoms with Crippen LogP contribution in [-0.2, 0) is 18.9 Å². The minimum atomic E-state index is 0.141. The first-order valence-corrected chi connectivity index (χ1v) is 7.99. The number of aromatic nitrogens is 1. The third-order valence-electron chi connectivity index (χ3n) is 3.54. The number of ether oxygens (including phenoxy) is 4. The summed E-state index contributed by atoms with van der Waals surface area (Å²) in [5.41, 5.74) is 2.22. The second-order valence-electron chi connectivity index (χ2n) is 5.86. The lowest BCUT2D eigenvalue weighted by molar-refractivity contribution is -0.0202. The Morgan fingerprint density at radius 1 is 0.909 bits per heavy atom. The van der Waals surface area contributed by atoms with E-state index in [2.05, 4.69) is 24.9 Å². The van der Waals surface area contributed by atoms with Gasteiger partial charge in [-0.25, -0.2) is 0 Å². The number of hydrogen-bond donors (Lipinski definition) is 0. The Morgan fingerprint density at radius 3 is 2.00 bits per heavy atom. The van der Waals surface area contributed by atoms with Gasteiger partial charge in [-0.05, 0) is 24.6 Å². The van der Waals surface area contributed by atoms with Crippen LogP contribution in [0.5, 0.6) is 0 Å². The summed E-state index contributed by atoms with van der Waals surface area (Å²) < 4.78 is 22.7. The van der Waals surface area contributed by atoms with Crippen molar-refractivity contribution < 1.29 is 18.9 Å². The topological polar surface area (TPSA) is 49.8 Å². The van der Waals surface area contributed by atoms with E-state index in [-0.39, 0.29) is 5.92 Å². The quantitative estimate of drug-likeness (QED) is 0.796. The third-order valence-corrected chi connectivity index (χ3v) is 3.54. The van der Waals surface area contributed by atoms with Gasteiger partial charge in [-0.1, -0.05) is 6.92 Å². The van der Waals surface area contributed by atoms with Crippen molar-refractivity contribution in [3.05, 3.63) is 29.6 Å². The zero-order valence-corrected chi connectivity index (χ0v) is 13.6. The number of hydrogen-bond acceptors (Lipinski definition) is 5. The van der Waals surface area contributed by atoms with Gasteiger partial charge < -0.3 is 18.9 Å². The minimum Gasteiger partial charge on any atom is -0.379 e. The van der Waals surface area contributed by atoms with E-state index in [1.807, 2.05) is 12.3 Å². The van der Waals surface area contributed by atoms with Crippen LogP contribution in [0.1, 0.15) is 24.1 Å². The number of pyridine rings is 1. The highest BCUT2D eigenvalue weighted by Gasteiger charge is 2.15. The lowest BCUT2D eigenvalue weighted by Gasteiger charge is -2.19. The van der Waals surface area contributed by atoms with E-state index in [1.54, 1.807) is 0 Å². The van der Waals surface area contributed by atoms with Crippen LogP contribution < -0.4 is 0 Å². The van der Waals surface area contributed by atoms with Crippen molar-refractivity contribution in [2.75, 3.05) is 52.9 Å². The van der Waals surface area contributed by atoms with Crippen molar-refractivity contribution in [1.29, 1.82) is 0 Å². The second-order valence-corrected chi connectivity index (χ2v) is 5.86. The van der Waals surface area contributed by atoms with E-state index in [1.165, 1.54) is 5.56 Å². The van der Waals surface area contributed by atoms with Gasteiger partial charge >= 0.3 is 0 Å². The lowest BCUT2D eigenvalue weighted by atomic mass is 10.1. The summed E-state index contributed by atoms with van der Waals surface area (Å²) >= 11 is 0. The SMILES string of the molecule is Cc1ccnc(C2COCCOCC(C)COCCOC2)c1. The Kier molecular flexibility index (Phi) is 7.80. The fraction of sp³-hybridized carbons (Fsp3) is 0.706. The summed E-state index contributed by atoms with van der Waals surface area (Å²) in [6, 6.07) is 4.09. The highest BCUT2D eigenvalue weighted by molar-refractivity contribution is 5.17. The second kappa shape index (κ2) is 9.90. The molecule has 2 rings (SSSR count). The summed E-state index contributed by atoms with van der Waals surface area (Å²) in [7, 11) is 0. The molecule has 124 valence electrons. The highest BCUT2D eigenvalue weighted by atomic mass is 16.5. The van der Waals surface area contributed by atoms with E-state index in [0.717, 1.165) is 5.69 Å². The molecule has 0 unspecified atom stereocenters. The summed E-state index contributed by atoms with van der Waals surface area (Å²) in [6.45, 7) is 9.18. The number of aryl methyl sites for hydroxylation is 1. The molecule has 0 aliphatic carbocycles. The molecule has 1 aromatic heterocycles. The van der Waals surface area contributed by atoms with Crippen molar-refractivity contribution >= 4 is 0 Å². The van der Waals surface area contributed by atoms with E-state index in [0.29, 0.717) is 58.8 Å². The van der Waals surface area contributed by atoms with Crippen LogP contribution in [0.25, 0.3) is 0 Å².